The topological polar surface area (TPSA) is 96.3 Å². The summed E-state index contributed by atoms with van der Waals surface area (Å²) >= 11 is 0. The second-order valence-corrected chi connectivity index (χ2v) is 7.79. The molecule has 2 heterocycles. The third kappa shape index (κ3) is 2.93. The minimum absolute atomic E-state index is 0.0748. The molecule has 1 spiro atoms. The van der Waals surface area contributed by atoms with Crippen LogP contribution in [0.25, 0.3) is 11.0 Å². The number of para-hydroxylation sites is 2. The molecule has 2 aliphatic rings. The number of imidazole rings is 1. The number of hydrogen-bond donors (Lipinski definition) is 2. The largest absolute Gasteiger partial charge is 0.347 e. The van der Waals surface area contributed by atoms with Gasteiger partial charge < -0.3 is 15.2 Å². The Kier molecular flexibility index (Phi) is 4.56. The summed E-state index contributed by atoms with van der Waals surface area (Å²) in [6, 6.07) is 7.25. The van der Waals surface area contributed by atoms with E-state index < -0.39 is 11.6 Å². The van der Waals surface area contributed by atoms with Crippen LogP contribution in [0.5, 0.6) is 0 Å². The van der Waals surface area contributed by atoms with E-state index >= 15 is 0 Å². The molecule has 2 aromatic rings. The molecule has 2 N–H and O–H groups in total. The number of aryl methyl sites for hydroxylation is 1. The standard InChI is InChI=1S/C20H25N5O3/c1-13-7-5-6-10-20(13)18(27)25(19(28)23-20)12-17(26)21-11-16-22-14-8-3-4-9-15(14)24(16)2/h3-4,8-9,13H,5-7,10-12H2,1-2H3,(H,21,26)(H,23,28)/t13-,20+/m1/s1. The first-order valence-corrected chi connectivity index (χ1v) is 9.73. The Labute approximate surface area is 163 Å². The number of rotatable bonds is 4. The second kappa shape index (κ2) is 6.92. The van der Waals surface area contributed by atoms with Crippen LogP contribution >= 0.6 is 0 Å². The van der Waals surface area contributed by atoms with Gasteiger partial charge in [-0.25, -0.2) is 9.78 Å². The van der Waals surface area contributed by atoms with Gasteiger partial charge >= 0.3 is 6.03 Å². The molecule has 1 aliphatic heterocycles. The number of benzene rings is 1. The summed E-state index contributed by atoms with van der Waals surface area (Å²) in [6.45, 7) is 1.95. The average molecular weight is 383 g/mol. The Morgan fingerprint density at radius 1 is 1.32 bits per heavy atom. The zero-order valence-electron chi connectivity index (χ0n) is 16.2. The van der Waals surface area contributed by atoms with Gasteiger partial charge in [0.1, 0.15) is 17.9 Å². The number of urea groups is 1. The van der Waals surface area contributed by atoms with Gasteiger partial charge in [0.15, 0.2) is 0 Å². The van der Waals surface area contributed by atoms with Crippen molar-refractivity contribution in [1.29, 1.82) is 0 Å². The fraction of sp³-hybridized carbons (Fsp3) is 0.500. The van der Waals surface area contributed by atoms with Gasteiger partial charge in [0.2, 0.25) is 5.91 Å². The first-order valence-electron chi connectivity index (χ1n) is 9.73. The zero-order valence-corrected chi connectivity index (χ0v) is 16.2. The van der Waals surface area contributed by atoms with Crippen LogP contribution in [0, 0.1) is 5.92 Å². The Morgan fingerprint density at radius 3 is 2.86 bits per heavy atom. The molecule has 1 aromatic carbocycles. The molecule has 2 atom stereocenters. The highest BCUT2D eigenvalue weighted by atomic mass is 16.2. The highest BCUT2D eigenvalue weighted by Crippen LogP contribution is 2.38. The molecular weight excluding hydrogens is 358 g/mol. The minimum atomic E-state index is -0.840. The van der Waals surface area contributed by atoms with E-state index in [9.17, 15) is 14.4 Å². The number of nitrogens with one attached hydrogen (secondary N) is 2. The van der Waals surface area contributed by atoms with E-state index in [1.165, 1.54) is 0 Å². The number of fused-ring (bicyclic) bond motifs is 1. The molecule has 148 valence electrons. The SMILES string of the molecule is C[C@@H]1CCCC[C@]12NC(=O)N(CC(=O)NCc1nc3ccccc3n1C)C2=O. The number of nitrogens with zero attached hydrogens (tertiary/aromatic N) is 3. The first-order chi connectivity index (χ1) is 13.4. The quantitative estimate of drug-likeness (QED) is 0.786. The summed E-state index contributed by atoms with van der Waals surface area (Å²) in [7, 11) is 1.89. The van der Waals surface area contributed by atoms with Crippen molar-refractivity contribution in [3.63, 3.8) is 0 Å². The van der Waals surface area contributed by atoms with Gasteiger partial charge in [0, 0.05) is 7.05 Å². The Bertz CT molecular complexity index is 952. The van der Waals surface area contributed by atoms with Crippen molar-refractivity contribution in [2.75, 3.05) is 6.54 Å². The van der Waals surface area contributed by atoms with Crippen molar-refractivity contribution < 1.29 is 14.4 Å². The van der Waals surface area contributed by atoms with Crippen LogP contribution in [0.2, 0.25) is 0 Å². The lowest BCUT2D eigenvalue weighted by atomic mass is 9.73. The molecular formula is C20H25N5O3. The maximum absolute atomic E-state index is 12.9. The molecule has 0 unspecified atom stereocenters. The number of amides is 4. The molecule has 8 heteroatoms. The van der Waals surface area contributed by atoms with Crippen molar-refractivity contribution in [3.8, 4) is 0 Å². The smallest absolute Gasteiger partial charge is 0.325 e. The summed E-state index contributed by atoms with van der Waals surface area (Å²) in [5.41, 5.74) is 0.998. The molecule has 0 bridgehead atoms. The third-order valence-electron chi connectivity index (χ3n) is 6.13. The van der Waals surface area contributed by atoms with Crippen LogP contribution < -0.4 is 10.6 Å². The van der Waals surface area contributed by atoms with Gasteiger partial charge in [0.25, 0.3) is 5.91 Å². The van der Waals surface area contributed by atoms with E-state index in [-0.39, 0.29) is 30.8 Å². The Balaban J connectivity index is 1.41. The molecule has 1 saturated carbocycles. The van der Waals surface area contributed by atoms with E-state index in [0.717, 1.165) is 35.2 Å². The van der Waals surface area contributed by atoms with Crippen LogP contribution in [0.15, 0.2) is 24.3 Å². The van der Waals surface area contributed by atoms with Gasteiger partial charge in [-0.05, 0) is 30.9 Å². The molecule has 4 amide bonds. The molecule has 2 fully saturated rings. The van der Waals surface area contributed by atoms with Gasteiger partial charge in [-0.1, -0.05) is 31.9 Å². The molecule has 1 aromatic heterocycles. The molecule has 8 nitrogen and oxygen atoms in total. The first kappa shape index (κ1) is 18.5. The molecule has 0 radical (unpaired) electrons. The third-order valence-corrected chi connectivity index (χ3v) is 6.13. The van der Waals surface area contributed by atoms with Crippen LogP contribution in [0.1, 0.15) is 38.4 Å². The van der Waals surface area contributed by atoms with E-state index in [0.29, 0.717) is 12.2 Å². The predicted molar refractivity (Wildman–Crippen MR) is 103 cm³/mol. The van der Waals surface area contributed by atoms with E-state index in [2.05, 4.69) is 15.6 Å². The van der Waals surface area contributed by atoms with Crippen LogP contribution in [0.3, 0.4) is 0 Å². The second-order valence-electron chi connectivity index (χ2n) is 7.79. The number of imide groups is 1. The number of carbonyl (C=O) groups is 3. The molecule has 1 aliphatic carbocycles. The zero-order chi connectivity index (χ0) is 19.9. The lowest BCUT2D eigenvalue weighted by Gasteiger charge is -2.36. The average Bonchev–Trinajstić information content (AvgIpc) is 3.12. The summed E-state index contributed by atoms with van der Waals surface area (Å²) in [6.07, 6.45) is 3.50. The van der Waals surface area contributed by atoms with Crippen LogP contribution in [0.4, 0.5) is 4.79 Å². The molecule has 1 saturated heterocycles. The predicted octanol–water partition coefficient (Wildman–Crippen LogP) is 1.69. The molecule has 28 heavy (non-hydrogen) atoms. The highest BCUT2D eigenvalue weighted by molar-refractivity contribution is 6.09. The van der Waals surface area contributed by atoms with Crippen LogP contribution in [-0.4, -0.2) is 44.4 Å². The Morgan fingerprint density at radius 2 is 2.11 bits per heavy atom. The van der Waals surface area contributed by atoms with Crippen LogP contribution in [-0.2, 0) is 23.2 Å². The van der Waals surface area contributed by atoms with E-state index in [4.69, 9.17) is 0 Å². The van der Waals surface area contributed by atoms with E-state index in [1.807, 2.05) is 42.8 Å². The van der Waals surface area contributed by atoms with Crippen molar-refractivity contribution in [2.24, 2.45) is 13.0 Å². The maximum Gasteiger partial charge on any atom is 0.325 e. The van der Waals surface area contributed by atoms with Crippen molar-refractivity contribution in [2.45, 2.75) is 44.7 Å². The summed E-state index contributed by atoms with van der Waals surface area (Å²) < 4.78 is 1.92. The summed E-state index contributed by atoms with van der Waals surface area (Å²) in [5.74, 6) is 0.133. The number of hydrogen-bond acceptors (Lipinski definition) is 4. The van der Waals surface area contributed by atoms with Gasteiger partial charge in [-0.3, -0.25) is 14.5 Å². The fourth-order valence-electron chi connectivity index (χ4n) is 4.37. The van der Waals surface area contributed by atoms with Crippen molar-refractivity contribution in [1.82, 2.24) is 25.1 Å². The maximum atomic E-state index is 12.9. The minimum Gasteiger partial charge on any atom is -0.347 e. The monoisotopic (exact) mass is 383 g/mol. The highest BCUT2D eigenvalue weighted by Gasteiger charge is 2.55. The summed E-state index contributed by atoms with van der Waals surface area (Å²) in [4.78, 5) is 43.3. The van der Waals surface area contributed by atoms with Crippen molar-refractivity contribution in [3.05, 3.63) is 30.1 Å². The van der Waals surface area contributed by atoms with Gasteiger partial charge in [-0.2, -0.15) is 0 Å². The lowest BCUT2D eigenvalue weighted by molar-refractivity contribution is -0.137. The van der Waals surface area contributed by atoms with Gasteiger partial charge in [0.05, 0.1) is 17.6 Å². The lowest BCUT2D eigenvalue weighted by Crippen LogP contribution is -2.54. The van der Waals surface area contributed by atoms with Crippen molar-refractivity contribution >= 4 is 28.9 Å². The summed E-state index contributed by atoms with van der Waals surface area (Å²) in [5, 5.41) is 5.64. The van der Waals surface area contributed by atoms with E-state index in [1.54, 1.807) is 0 Å². The molecule has 4 rings (SSSR count). The fourth-order valence-corrected chi connectivity index (χ4v) is 4.37. The normalized spacial score (nSPS) is 24.8. The number of aromatic nitrogens is 2. The number of carbonyl (C=O) groups excluding carboxylic acids is 3. The Hall–Kier alpha value is -2.90. The van der Waals surface area contributed by atoms with Gasteiger partial charge in [-0.15, -0.1) is 0 Å².